The number of hydrogen-bond donors (Lipinski definition) is 0. The van der Waals surface area contributed by atoms with Crippen molar-refractivity contribution in [2.24, 2.45) is 0 Å². The molecule has 1 atom stereocenters. The molecule has 0 spiro atoms. The van der Waals surface area contributed by atoms with E-state index in [1.807, 2.05) is 35.0 Å². The quantitative estimate of drug-likeness (QED) is 0.488. The van der Waals surface area contributed by atoms with Crippen molar-refractivity contribution in [1.82, 2.24) is 9.57 Å². The summed E-state index contributed by atoms with van der Waals surface area (Å²) in [5, 5.41) is 0. The van der Waals surface area contributed by atoms with E-state index in [9.17, 15) is 4.57 Å². The van der Waals surface area contributed by atoms with Gasteiger partial charge in [0, 0.05) is 33.3 Å². The lowest BCUT2D eigenvalue weighted by Crippen LogP contribution is -2.47. The van der Waals surface area contributed by atoms with E-state index in [4.69, 9.17) is 9.05 Å². The van der Waals surface area contributed by atoms with Crippen LogP contribution in [0.3, 0.4) is 0 Å². The first-order valence-electron chi connectivity index (χ1n) is 10.2. The van der Waals surface area contributed by atoms with Crippen molar-refractivity contribution in [2.75, 3.05) is 33.3 Å². The van der Waals surface area contributed by atoms with Crippen molar-refractivity contribution in [3.8, 4) is 5.75 Å². The lowest BCUT2D eigenvalue weighted by molar-refractivity contribution is 0.132. The fraction of sp³-hybridized carbons (Fsp3) is 0.250. The van der Waals surface area contributed by atoms with E-state index in [0.717, 1.165) is 13.1 Å². The molecule has 0 bridgehead atoms. The zero-order valence-corrected chi connectivity index (χ0v) is 18.0. The van der Waals surface area contributed by atoms with Gasteiger partial charge in [-0.2, -0.15) is 4.67 Å². The Hall–Kier alpha value is -2.43. The minimum Gasteiger partial charge on any atom is -0.413 e. The van der Waals surface area contributed by atoms with Gasteiger partial charge < -0.3 is 4.52 Å². The number of rotatable bonds is 7. The van der Waals surface area contributed by atoms with Gasteiger partial charge in [0.05, 0.1) is 6.04 Å². The summed E-state index contributed by atoms with van der Waals surface area (Å²) in [7, 11) is -1.94. The molecule has 1 heterocycles. The highest BCUT2D eigenvalue weighted by molar-refractivity contribution is 7.51. The molecule has 1 aliphatic rings. The van der Waals surface area contributed by atoms with Gasteiger partial charge in [0.1, 0.15) is 5.75 Å². The maximum Gasteiger partial charge on any atom is 0.461 e. The minimum atomic E-state index is -3.39. The summed E-state index contributed by atoms with van der Waals surface area (Å²) >= 11 is 0. The van der Waals surface area contributed by atoms with Crippen molar-refractivity contribution in [3.05, 3.63) is 102 Å². The average molecular weight is 422 g/mol. The number of hydrogen-bond acceptors (Lipinski definition) is 4. The summed E-state index contributed by atoms with van der Waals surface area (Å²) < 4.78 is 26.4. The molecular weight excluding hydrogens is 395 g/mol. The third-order valence-corrected chi connectivity index (χ3v) is 7.42. The Bertz CT molecular complexity index is 922. The van der Waals surface area contributed by atoms with Crippen LogP contribution in [0.5, 0.6) is 5.75 Å². The Kier molecular flexibility index (Phi) is 6.66. The Morgan fingerprint density at radius 1 is 0.733 bits per heavy atom. The summed E-state index contributed by atoms with van der Waals surface area (Å²) in [5.74, 6) is 0.552. The molecule has 6 heteroatoms. The van der Waals surface area contributed by atoms with E-state index in [1.165, 1.54) is 18.2 Å². The zero-order chi connectivity index (χ0) is 20.8. The average Bonchev–Trinajstić information content (AvgIpc) is 2.82. The van der Waals surface area contributed by atoms with Gasteiger partial charge in [0.15, 0.2) is 0 Å². The summed E-state index contributed by atoms with van der Waals surface area (Å²) in [6.45, 7) is 2.74. The van der Waals surface area contributed by atoms with Gasteiger partial charge >= 0.3 is 7.75 Å². The monoisotopic (exact) mass is 422 g/mol. The molecule has 0 N–H and O–H groups in total. The molecule has 1 fully saturated rings. The Labute approximate surface area is 178 Å². The molecule has 0 saturated carbocycles. The number of benzene rings is 3. The van der Waals surface area contributed by atoms with Crippen LogP contribution >= 0.6 is 7.75 Å². The normalized spacial score (nSPS) is 17.5. The molecule has 4 rings (SSSR count). The molecule has 1 unspecified atom stereocenters. The van der Waals surface area contributed by atoms with E-state index in [0.29, 0.717) is 18.8 Å². The number of nitrogens with zero attached hydrogens (tertiary/aromatic N) is 2. The number of para-hydroxylation sites is 1. The van der Waals surface area contributed by atoms with Gasteiger partial charge in [-0.15, -0.1) is 0 Å². The van der Waals surface area contributed by atoms with Gasteiger partial charge in [-0.25, -0.2) is 4.57 Å². The molecule has 1 saturated heterocycles. The van der Waals surface area contributed by atoms with Gasteiger partial charge in [0.25, 0.3) is 0 Å². The topological polar surface area (TPSA) is 42.0 Å². The molecule has 0 radical (unpaired) electrons. The summed E-state index contributed by atoms with van der Waals surface area (Å²) in [6, 6.07) is 30.4. The second-order valence-electron chi connectivity index (χ2n) is 7.27. The predicted molar refractivity (Wildman–Crippen MR) is 120 cm³/mol. The van der Waals surface area contributed by atoms with Gasteiger partial charge in [0.2, 0.25) is 0 Å². The maximum absolute atomic E-state index is 13.4. The van der Waals surface area contributed by atoms with Crippen LogP contribution in [0.25, 0.3) is 0 Å². The van der Waals surface area contributed by atoms with Crippen LogP contribution in [0.4, 0.5) is 0 Å². The highest BCUT2D eigenvalue weighted by Gasteiger charge is 2.38. The molecule has 5 nitrogen and oxygen atoms in total. The van der Waals surface area contributed by atoms with Crippen LogP contribution in [0, 0.1) is 0 Å². The molecule has 156 valence electrons. The second-order valence-corrected chi connectivity index (χ2v) is 9.32. The third kappa shape index (κ3) is 4.66. The summed E-state index contributed by atoms with van der Waals surface area (Å²) in [4.78, 5) is 2.43. The molecular formula is C24H27N2O3P. The smallest absolute Gasteiger partial charge is 0.413 e. The Morgan fingerprint density at radius 2 is 1.20 bits per heavy atom. The number of piperazine rings is 1. The lowest BCUT2D eigenvalue weighted by Gasteiger charge is -2.40. The maximum atomic E-state index is 13.4. The highest BCUT2D eigenvalue weighted by Crippen LogP contribution is 2.51. The molecule has 0 amide bonds. The predicted octanol–water partition coefficient (Wildman–Crippen LogP) is 5.23. The van der Waals surface area contributed by atoms with Crippen LogP contribution in [0.1, 0.15) is 17.2 Å². The molecule has 1 aliphatic heterocycles. The molecule has 0 aromatic heterocycles. The second kappa shape index (κ2) is 9.59. The van der Waals surface area contributed by atoms with Crippen LogP contribution < -0.4 is 4.52 Å². The van der Waals surface area contributed by atoms with E-state index in [-0.39, 0.29) is 6.04 Å². The third-order valence-electron chi connectivity index (χ3n) is 5.43. The fourth-order valence-electron chi connectivity index (χ4n) is 3.92. The van der Waals surface area contributed by atoms with E-state index < -0.39 is 7.75 Å². The van der Waals surface area contributed by atoms with Gasteiger partial charge in [-0.1, -0.05) is 78.9 Å². The molecule has 30 heavy (non-hydrogen) atoms. The Morgan fingerprint density at radius 3 is 1.67 bits per heavy atom. The van der Waals surface area contributed by atoms with E-state index in [2.05, 4.69) is 53.4 Å². The van der Waals surface area contributed by atoms with E-state index in [1.54, 1.807) is 12.1 Å². The van der Waals surface area contributed by atoms with Crippen molar-refractivity contribution in [2.45, 2.75) is 6.04 Å². The SMILES string of the molecule is COP(=O)(Oc1ccccc1)N1CCN(C(c2ccccc2)c2ccccc2)CC1. The molecule has 3 aromatic rings. The van der Waals surface area contributed by atoms with Crippen molar-refractivity contribution in [3.63, 3.8) is 0 Å². The van der Waals surface area contributed by atoms with Crippen LogP contribution in [-0.4, -0.2) is 42.9 Å². The first-order valence-corrected chi connectivity index (χ1v) is 11.7. The first-order chi connectivity index (χ1) is 14.7. The summed E-state index contributed by atoms with van der Waals surface area (Å²) in [5.41, 5.74) is 2.51. The minimum absolute atomic E-state index is 0.159. The van der Waals surface area contributed by atoms with Crippen molar-refractivity contribution < 1.29 is 13.6 Å². The first kappa shape index (κ1) is 20.8. The van der Waals surface area contributed by atoms with Crippen LogP contribution in [0.15, 0.2) is 91.0 Å². The molecule has 0 aliphatic carbocycles. The standard InChI is InChI=1S/C24H27N2O3P/c1-28-30(27,29-23-15-9-4-10-16-23)26-19-17-25(18-20-26)24(21-11-5-2-6-12-21)22-13-7-3-8-14-22/h2-16,24H,17-20H2,1H3. The summed E-state index contributed by atoms with van der Waals surface area (Å²) in [6.07, 6.45) is 0. The fourth-order valence-corrected chi connectivity index (χ4v) is 5.40. The largest absolute Gasteiger partial charge is 0.461 e. The Balaban J connectivity index is 1.51. The van der Waals surface area contributed by atoms with Gasteiger partial charge in [-0.3, -0.25) is 9.42 Å². The van der Waals surface area contributed by atoms with Crippen LogP contribution in [-0.2, 0) is 9.09 Å². The van der Waals surface area contributed by atoms with E-state index >= 15 is 0 Å². The highest BCUT2D eigenvalue weighted by atomic mass is 31.2. The lowest BCUT2D eigenvalue weighted by atomic mass is 9.96. The molecule has 3 aromatic carbocycles. The van der Waals surface area contributed by atoms with Gasteiger partial charge in [-0.05, 0) is 23.3 Å². The zero-order valence-electron chi connectivity index (χ0n) is 17.1. The van der Waals surface area contributed by atoms with Crippen molar-refractivity contribution >= 4 is 7.75 Å². The van der Waals surface area contributed by atoms with Crippen molar-refractivity contribution in [1.29, 1.82) is 0 Å². The van der Waals surface area contributed by atoms with Crippen LogP contribution in [0.2, 0.25) is 0 Å².